The fraction of sp³-hybridized carbons (Fsp3) is 0.278. The highest BCUT2D eigenvalue weighted by Crippen LogP contribution is 2.23. The Kier molecular flexibility index (Phi) is 4.00. The van der Waals surface area contributed by atoms with Crippen LogP contribution in [0.1, 0.15) is 22.8 Å². The number of thiophene rings is 1. The van der Waals surface area contributed by atoms with E-state index in [0.717, 1.165) is 42.2 Å². The first-order valence-corrected chi connectivity index (χ1v) is 8.88. The first kappa shape index (κ1) is 15.2. The van der Waals surface area contributed by atoms with E-state index in [4.69, 9.17) is 4.98 Å². The van der Waals surface area contributed by atoms with Gasteiger partial charge in [-0.15, -0.1) is 11.3 Å². The van der Waals surface area contributed by atoms with Gasteiger partial charge in [0.25, 0.3) is 5.56 Å². The van der Waals surface area contributed by atoms with Crippen LogP contribution in [-0.2, 0) is 19.5 Å². The van der Waals surface area contributed by atoms with Gasteiger partial charge in [0.05, 0.1) is 27.5 Å². The molecule has 0 aliphatic carbocycles. The summed E-state index contributed by atoms with van der Waals surface area (Å²) in [6.45, 7) is 4.09. The Morgan fingerprint density at radius 2 is 2.17 bits per heavy atom. The summed E-state index contributed by atoms with van der Waals surface area (Å²) >= 11 is 1.69. The number of fused-ring (bicyclic) bond motifs is 1. The predicted octanol–water partition coefficient (Wildman–Crippen LogP) is 2.76. The lowest BCUT2D eigenvalue weighted by molar-refractivity contribution is 0.239. The van der Waals surface area contributed by atoms with Crippen molar-refractivity contribution in [3.63, 3.8) is 0 Å². The minimum atomic E-state index is -0.0116. The van der Waals surface area contributed by atoms with Crippen LogP contribution < -0.4 is 5.56 Å². The number of nitrogens with one attached hydrogen (secondary N) is 1. The van der Waals surface area contributed by atoms with Gasteiger partial charge in [-0.1, -0.05) is 12.1 Å². The molecular weight excluding hydrogens is 320 g/mol. The molecule has 24 heavy (non-hydrogen) atoms. The van der Waals surface area contributed by atoms with Gasteiger partial charge in [0.15, 0.2) is 0 Å². The van der Waals surface area contributed by atoms with E-state index in [0.29, 0.717) is 12.4 Å². The van der Waals surface area contributed by atoms with Crippen molar-refractivity contribution >= 4 is 11.3 Å². The molecule has 6 heteroatoms. The molecule has 0 amide bonds. The Hall–Kier alpha value is -2.31. The third-order valence-electron chi connectivity index (χ3n) is 4.23. The summed E-state index contributed by atoms with van der Waals surface area (Å²) in [5.41, 5.74) is 3.76. The summed E-state index contributed by atoms with van der Waals surface area (Å²) in [6.07, 6.45) is 0.810. The van der Waals surface area contributed by atoms with Crippen LogP contribution in [0.2, 0.25) is 0 Å². The van der Waals surface area contributed by atoms with Gasteiger partial charge in [0.2, 0.25) is 0 Å². The second-order valence-electron chi connectivity index (χ2n) is 6.03. The van der Waals surface area contributed by atoms with Crippen LogP contribution in [-0.4, -0.2) is 26.4 Å². The largest absolute Gasteiger partial charge is 0.310 e. The minimum Gasteiger partial charge on any atom is -0.310 e. The van der Waals surface area contributed by atoms with Gasteiger partial charge in [-0.3, -0.25) is 14.7 Å². The van der Waals surface area contributed by atoms with Crippen molar-refractivity contribution in [2.75, 3.05) is 6.54 Å². The van der Waals surface area contributed by atoms with Crippen LogP contribution in [0.5, 0.6) is 0 Å². The smallest absolute Gasteiger partial charge is 0.255 e. The molecule has 1 N–H and O–H groups in total. The number of aryl methyl sites for hydroxylation is 1. The zero-order valence-corrected chi connectivity index (χ0v) is 14.3. The number of pyridine rings is 1. The number of H-pyrrole nitrogens is 1. The van der Waals surface area contributed by atoms with Crippen LogP contribution in [0.15, 0.2) is 40.5 Å². The average Bonchev–Trinajstić information content (AvgIpc) is 3.10. The van der Waals surface area contributed by atoms with E-state index in [1.165, 1.54) is 4.88 Å². The molecule has 0 saturated heterocycles. The molecule has 0 fully saturated rings. The molecule has 3 aromatic rings. The molecule has 1 aliphatic heterocycles. The van der Waals surface area contributed by atoms with Crippen molar-refractivity contribution in [1.82, 2.24) is 19.9 Å². The maximum absolute atomic E-state index is 12.2. The van der Waals surface area contributed by atoms with Gasteiger partial charge in [0, 0.05) is 26.1 Å². The van der Waals surface area contributed by atoms with E-state index >= 15 is 0 Å². The number of aromatic nitrogens is 3. The lowest BCUT2D eigenvalue weighted by Gasteiger charge is -2.27. The molecule has 0 bridgehead atoms. The predicted molar refractivity (Wildman–Crippen MR) is 95.0 cm³/mol. The quantitative estimate of drug-likeness (QED) is 0.798. The molecule has 0 aromatic carbocycles. The highest BCUT2D eigenvalue weighted by molar-refractivity contribution is 7.13. The summed E-state index contributed by atoms with van der Waals surface area (Å²) in [7, 11) is 0. The lowest BCUT2D eigenvalue weighted by Crippen LogP contribution is -2.35. The summed E-state index contributed by atoms with van der Waals surface area (Å²) in [5, 5.41) is 2.06. The van der Waals surface area contributed by atoms with Crippen molar-refractivity contribution in [1.29, 1.82) is 0 Å². The summed E-state index contributed by atoms with van der Waals surface area (Å²) in [4.78, 5) is 27.6. The van der Waals surface area contributed by atoms with Gasteiger partial charge in [0.1, 0.15) is 5.82 Å². The first-order valence-electron chi connectivity index (χ1n) is 8.00. The molecule has 0 unspecified atom stereocenters. The second kappa shape index (κ2) is 6.30. The van der Waals surface area contributed by atoms with Gasteiger partial charge in [-0.25, -0.2) is 4.98 Å². The van der Waals surface area contributed by atoms with Gasteiger partial charge >= 0.3 is 0 Å². The molecule has 0 spiro atoms. The third kappa shape index (κ3) is 3.02. The first-order chi connectivity index (χ1) is 11.7. The SMILES string of the molecule is Cc1nc2c(c(=O)[nH]1)CN(Cc1cccc(-c3cccs3)n1)CC2. The standard InChI is InChI=1S/C18H18N4OS/c1-12-19-15-7-8-22(11-14(15)18(23)20-12)10-13-4-2-5-16(21-13)17-6-3-9-24-17/h2-6,9H,7-8,10-11H2,1H3,(H,19,20,23). The molecule has 0 saturated carbocycles. The van der Waals surface area contributed by atoms with E-state index in [9.17, 15) is 4.79 Å². The van der Waals surface area contributed by atoms with E-state index in [-0.39, 0.29) is 5.56 Å². The summed E-state index contributed by atoms with van der Waals surface area (Å²) < 4.78 is 0. The number of aromatic amines is 1. The summed E-state index contributed by atoms with van der Waals surface area (Å²) in [6, 6.07) is 10.3. The molecule has 4 heterocycles. The third-order valence-corrected chi connectivity index (χ3v) is 5.12. The molecule has 0 atom stereocenters. The lowest BCUT2D eigenvalue weighted by atomic mass is 10.1. The Balaban J connectivity index is 1.55. The topological polar surface area (TPSA) is 61.9 Å². The van der Waals surface area contributed by atoms with E-state index in [2.05, 4.69) is 26.3 Å². The molecular formula is C18H18N4OS. The highest BCUT2D eigenvalue weighted by Gasteiger charge is 2.21. The fourth-order valence-electron chi connectivity index (χ4n) is 3.10. The van der Waals surface area contributed by atoms with Crippen LogP contribution in [0.4, 0.5) is 0 Å². The molecule has 5 nitrogen and oxygen atoms in total. The Bertz CT molecular complexity index is 917. The maximum Gasteiger partial charge on any atom is 0.255 e. The number of hydrogen-bond donors (Lipinski definition) is 1. The van der Waals surface area contributed by atoms with Crippen LogP contribution >= 0.6 is 11.3 Å². The molecule has 3 aromatic heterocycles. The van der Waals surface area contributed by atoms with Crippen molar-refractivity contribution < 1.29 is 0 Å². The molecule has 122 valence electrons. The zero-order valence-electron chi connectivity index (χ0n) is 13.5. The van der Waals surface area contributed by atoms with Gasteiger partial charge in [-0.2, -0.15) is 0 Å². The van der Waals surface area contributed by atoms with E-state index in [1.807, 2.05) is 31.2 Å². The fourth-order valence-corrected chi connectivity index (χ4v) is 3.79. The average molecular weight is 338 g/mol. The molecule has 4 rings (SSSR count). The second-order valence-corrected chi connectivity index (χ2v) is 6.98. The van der Waals surface area contributed by atoms with Crippen LogP contribution in [0.3, 0.4) is 0 Å². The van der Waals surface area contributed by atoms with Gasteiger partial charge in [-0.05, 0) is 30.5 Å². The highest BCUT2D eigenvalue weighted by atomic mass is 32.1. The van der Waals surface area contributed by atoms with E-state index in [1.54, 1.807) is 11.3 Å². The van der Waals surface area contributed by atoms with Crippen molar-refractivity contribution in [2.45, 2.75) is 26.4 Å². The monoisotopic (exact) mass is 338 g/mol. The molecule has 1 aliphatic rings. The Labute approximate surface area is 144 Å². The van der Waals surface area contributed by atoms with Crippen molar-refractivity contribution in [3.8, 4) is 10.6 Å². The van der Waals surface area contributed by atoms with E-state index < -0.39 is 0 Å². The van der Waals surface area contributed by atoms with Gasteiger partial charge < -0.3 is 4.98 Å². The normalized spacial score (nSPS) is 14.5. The zero-order chi connectivity index (χ0) is 16.5. The Morgan fingerprint density at radius 1 is 1.25 bits per heavy atom. The van der Waals surface area contributed by atoms with Crippen molar-refractivity contribution in [2.24, 2.45) is 0 Å². The van der Waals surface area contributed by atoms with Crippen molar-refractivity contribution in [3.05, 3.63) is 68.8 Å². The minimum absolute atomic E-state index is 0.0116. The Morgan fingerprint density at radius 3 is 3.00 bits per heavy atom. The maximum atomic E-state index is 12.2. The summed E-state index contributed by atoms with van der Waals surface area (Å²) in [5.74, 6) is 0.692. The number of nitrogens with zero attached hydrogens (tertiary/aromatic N) is 3. The number of hydrogen-bond acceptors (Lipinski definition) is 5. The van der Waals surface area contributed by atoms with Crippen LogP contribution in [0, 0.1) is 6.92 Å². The van der Waals surface area contributed by atoms with Crippen LogP contribution in [0.25, 0.3) is 10.6 Å². The molecule has 0 radical (unpaired) electrons. The number of rotatable bonds is 3.